The van der Waals surface area contributed by atoms with E-state index in [1.807, 2.05) is 39.5 Å². The first-order chi connectivity index (χ1) is 17.9. The van der Waals surface area contributed by atoms with Crippen molar-refractivity contribution in [2.75, 3.05) is 57.5 Å². The minimum Gasteiger partial charge on any atom is -0.462 e. The summed E-state index contributed by atoms with van der Waals surface area (Å²) < 4.78 is 15.3. The Morgan fingerprint density at radius 1 is 0.921 bits per heavy atom. The molecular formula is C26H47N3O8S. The molecule has 0 bridgehead atoms. The smallest absolute Gasteiger partial charge is 0.303 e. The minimum atomic E-state index is -0.704. The molecule has 38 heavy (non-hydrogen) atoms. The van der Waals surface area contributed by atoms with Gasteiger partial charge in [0.15, 0.2) is 6.10 Å². The molecule has 0 saturated heterocycles. The van der Waals surface area contributed by atoms with Crippen molar-refractivity contribution < 1.29 is 38.2 Å². The lowest BCUT2D eigenvalue weighted by atomic mass is 10.0. The largest absolute Gasteiger partial charge is 0.462 e. The topological polar surface area (TPSA) is 132 Å². The Morgan fingerprint density at radius 2 is 1.58 bits per heavy atom. The van der Waals surface area contributed by atoms with Gasteiger partial charge in [-0.25, -0.2) is 0 Å². The van der Waals surface area contributed by atoms with Crippen molar-refractivity contribution in [3.63, 3.8) is 0 Å². The van der Waals surface area contributed by atoms with Crippen LogP contribution in [0, 0.1) is 0 Å². The van der Waals surface area contributed by atoms with Crippen LogP contribution in [0.2, 0.25) is 0 Å². The number of nitrogens with zero attached hydrogens (tertiary/aromatic N) is 2. The first kappa shape index (κ1) is 35.7. The Morgan fingerprint density at radius 3 is 2.13 bits per heavy atom. The number of ether oxygens (including phenoxy) is 3. The standard InChI is InChI=1S/C26H47N3O8S/c1-8-24(33)28(10-3)19-26(6,7)29(25(34)9-2)13-16-38-15-11-23(32)27-12-14-35-17-22(37-21(5)31)18-36-20(4)30/h22H,8-19H2,1-7H3,(H,27,32). The highest BCUT2D eigenvalue weighted by Crippen LogP contribution is 2.19. The van der Waals surface area contributed by atoms with Crippen LogP contribution in [-0.4, -0.2) is 109 Å². The molecule has 0 heterocycles. The van der Waals surface area contributed by atoms with Crippen molar-refractivity contribution in [3.05, 3.63) is 0 Å². The van der Waals surface area contributed by atoms with Gasteiger partial charge in [-0.05, 0) is 20.8 Å². The molecule has 0 aliphatic rings. The van der Waals surface area contributed by atoms with Gasteiger partial charge in [-0.15, -0.1) is 0 Å². The first-order valence-electron chi connectivity index (χ1n) is 13.2. The molecule has 1 atom stereocenters. The number of hydrogen-bond acceptors (Lipinski definition) is 9. The number of carbonyl (C=O) groups excluding carboxylic acids is 5. The van der Waals surface area contributed by atoms with Crippen molar-refractivity contribution in [3.8, 4) is 0 Å². The third-order valence-corrected chi connectivity index (χ3v) is 6.52. The summed E-state index contributed by atoms with van der Waals surface area (Å²) in [4.78, 5) is 62.7. The normalized spacial score (nSPS) is 11.9. The Hall–Kier alpha value is -2.34. The molecule has 0 saturated carbocycles. The van der Waals surface area contributed by atoms with Gasteiger partial charge in [0.1, 0.15) is 6.61 Å². The number of hydrogen-bond donors (Lipinski definition) is 1. The van der Waals surface area contributed by atoms with Gasteiger partial charge in [0.2, 0.25) is 17.7 Å². The van der Waals surface area contributed by atoms with Gasteiger partial charge in [-0.2, -0.15) is 11.8 Å². The molecule has 0 aromatic carbocycles. The van der Waals surface area contributed by atoms with Gasteiger partial charge in [0.05, 0.1) is 18.8 Å². The highest BCUT2D eigenvalue weighted by molar-refractivity contribution is 7.99. The van der Waals surface area contributed by atoms with Crippen LogP contribution in [0.25, 0.3) is 0 Å². The maximum absolute atomic E-state index is 12.7. The summed E-state index contributed by atoms with van der Waals surface area (Å²) in [6, 6.07) is 0. The van der Waals surface area contributed by atoms with Crippen molar-refractivity contribution in [1.29, 1.82) is 0 Å². The Kier molecular flexibility index (Phi) is 18.5. The molecule has 0 aromatic heterocycles. The first-order valence-corrected chi connectivity index (χ1v) is 14.3. The van der Waals surface area contributed by atoms with Crippen molar-refractivity contribution in [1.82, 2.24) is 15.1 Å². The minimum absolute atomic E-state index is 0.0390. The predicted octanol–water partition coefficient (Wildman–Crippen LogP) is 2.01. The lowest BCUT2D eigenvalue weighted by Crippen LogP contribution is -2.55. The predicted molar refractivity (Wildman–Crippen MR) is 147 cm³/mol. The molecular weight excluding hydrogens is 514 g/mol. The second kappa shape index (κ2) is 19.7. The number of nitrogens with one attached hydrogen (secondary N) is 1. The van der Waals surface area contributed by atoms with E-state index in [9.17, 15) is 24.0 Å². The molecule has 3 amide bonds. The van der Waals surface area contributed by atoms with Gasteiger partial charge >= 0.3 is 11.9 Å². The van der Waals surface area contributed by atoms with Crippen LogP contribution in [0.5, 0.6) is 0 Å². The molecule has 11 nitrogen and oxygen atoms in total. The average Bonchev–Trinajstić information content (AvgIpc) is 2.86. The van der Waals surface area contributed by atoms with Gasteiger partial charge in [-0.1, -0.05) is 13.8 Å². The Labute approximate surface area is 231 Å². The molecule has 0 rings (SSSR count). The summed E-state index contributed by atoms with van der Waals surface area (Å²) in [5.74, 6) is 0.297. The van der Waals surface area contributed by atoms with Gasteiger partial charge in [-0.3, -0.25) is 24.0 Å². The third kappa shape index (κ3) is 15.8. The zero-order valence-corrected chi connectivity index (χ0v) is 24.9. The summed E-state index contributed by atoms with van der Waals surface area (Å²) in [7, 11) is 0. The lowest BCUT2D eigenvalue weighted by Gasteiger charge is -2.41. The molecule has 0 aliphatic carbocycles. The lowest BCUT2D eigenvalue weighted by molar-refractivity contribution is -0.159. The number of amides is 3. The second-order valence-electron chi connectivity index (χ2n) is 9.29. The molecule has 0 radical (unpaired) electrons. The SMILES string of the molecule is CCC(=O)N(CC)CC(C)(C)N(CCSCCC(=O)NCCOCC(COC(C)=O)OC(C)=O)C(=O)CC. The van der Waals surface area contributed by atoms with Crippen molar-refractivity contribution in [2.24, 2.45) is 0 Å². The van der Waals surface area contributed by atoms with E-state index in [2.05, 4.69) is 5.32 Å². The fraction of sp³-hybridized carbons (Fsp3) is 0.808. The van der Waals surface area contributed by atoms with Crippen LogP contribution in [-0.2, 0) is 38.2 Å². The number of likely N-dealkylation sites (N-methyl/N-ethyl adjacent to an activating group) is 1. The van der Waals surface area contributed by atoms with Crippen LogP contribution in [0.4, 0.5) is 0 Å². The molecule has 0 aromatic rings. The fourth-order valence-corrected chi connectivity index (χ4v) is 4.50. The van der Waals surface area contributed by atoms with E-state index in [0.29, 0.717) is 56.9 Å². The van der Waals surface area contributed by atoms with Crippen LogP contribution in [0.1, 0.15) is 67.7 Å². The summed E-state index contributed by atoms with van der Waals surface area (Å²) >= 11 is 1.59. The van der Waals surface area contributed by atoms with E-state index in [1.54, 1.807) is 16.7 Å². The summed E-state index contributed by atoms with van der Waals surface area (Å²) in [5.41, 5.74) is -0.501. The summed E-state index contributed by atoms with van der Waals surface area (Å²) in [6.07, 6.45) is 0.440. The Bertz CT molecular complexity index is 763. The van der Waals surface area contributed by atoms with E-state index >= 15 is 0 Å². The van der Waals surface area contributed by atoms with Crippen molar-refractivity contribution >= 4 is 41.4 Å². The maximum atomic E-state index is 12.7. The fourth-order valence-electron chi connectivity index (χ4n) is 3.66. The molecule has 0 spiro atoms. The van der Waals surface area contributed by atoms with E-state index in [4.69, 9.17) is 14.2 Å². The van der Waals surface area contributed by atoms with Gasteiger partial charge in [0, 0.05) is 70.8 Å². The zero-order valence-electron chi connectivity index (χ0n) is 24.1. The number of rotatable bonds is 20. The molecule has 220 valence electrons. The molecule has 1 N–H and O–H groups in total. The van der Waals surface area contributed by atoms with Crippen molar-refractivity contribution in [2.45, 2.75) is 79.4 Å². The number of thioether (sulfide) groups is 1. The van der Waals surface area contributed by atoms with E-state index < -0.39 is 23.6 Å². The zero-order chi connectivity index (χ0) is 29.1. The molecule has 0 fully saturated rings. The van der Waals surface area contributed by atoms with Crippen LogP contribution in [0.3, 0.4) is 0 Å². The highest BCUT2D eigenvalue weighted by Gasteiger charge is 2.32. The van der Waals surface area contributed by atoms with E-state index in [1.165, 1.54) is 13.8 Å². The average molecular weight is 562 g/mol. The third-order valence-electron chi connectivity index (χ3n) is 5.56. The Balaban J connectivity index is 4.39. The molecule has 0 aliphatic heterocycles. The molecule has 12 heteroatoms. The molecule has 1 unspecified atom stereocenters. The van der Waals surface area contributed by atoms with Gasteiger partial charge in [0.25, 0.3) is 0 Å². The number of carbonyl (C=O) groups is 5. The summed E-state index contributed by atoms with van der Waals surface area (Å²) in [6.45, 7) is 14.2. The van der Waals surface area contributed by atoms with Crippen LogP contribution < -0.4 is 5.32 Å². The van der Waals surface area contributed by atoms with Gasteiger partial charge < -0.3 is 29.3 Å². The second-order valence-corrected chi connectivity index (χ2v) is 10.5. The summed E-state index contributed by atoms with van der Waals surface area (Å²) in [5, 5.41) is 2.77. The highest BCUT2D eigenvalue weighted by atomic mass is 32.2. The monoisotopic (exact) mass is 561 g/mol. The quantitative estimate of drug-likeness (QED) is 0.175. The van der Waals surface area contributed by atoms with E-state index in [0.717, 1.165) is 0 Å². The maximum Gasteiger partial charge on any atom is 0.303 e. The van der Waals surface area contributed by atoms with Crippen LogP contribution in [0.15, 0.2) is 0 Å². The number of esters is 2. The van der Waals surface area contributed by atoms with Crippen LogP contribution >= 0.6 is 11.8 Å². The van der Waals surface area contributed by atoms with E-state index in [-0.39, 0.29) is 37.5 Å².